The maximum atomic E-state index is 13.3. The van der Waals surface area contributed by atoms with Gasteiger partial charge in [-0.1, -0.05) is 25.0 Å². The lowest BCUT2D eigenvalue weighted by Gasteiger charge is -2.38. The molecule has 1 aliphatic heterocycles. The third-order valence-electron chi connectivity index (χ3n) is 5.67. The SMILES string of the molecule is CCOC(=O)C1CCN(C(=O)C2(c3ccc(F)cc3)CCCC2)CC1. The molecule has 136 valence electrons. The Morgan fingerprint density at radius 3 is 2.32 bits per heavy atom. The van der Waals surface area contributed by atoms with Crippen LogP contribution in [-0.2, 0) is 19.7 Å². The molecular weight excluding hydrogens is 321 g/mol. The van der Waals surface area contributed by atoms with Gasteiger partial charge in [-0.2, -0.15) is 0 Å². The van der Waals surface area contributed by atoms with Crippen LogP contribution >= 0.6 is 0 Å². The summed E-state index contributed by atoms with van der Waals surface area (Å²) < 4.78 is 18.4. The van der Waals surface area contributed by atoms with Crippen LogP contribution in [-0.4, -0.2) is 36.5 Å². The van der Waals surface area contributed by atoms with Gasteiger partial charge in [0.1, 0.15) is 5.82 Å². The second-order valence-corrected chi connectivity index (χ2v) is 7.11. The molecule has 2 fully saturated rings. The molecule has 1 heterocycles. The lowest BCUT2D eigenvalue weighted by Crippen LogP contribution is -2.49. The monoisotopic (exact) mass is 347 g/mol. The highest BCUT2D eigenvalue weighted by Crippen LogP contribution is 2.43. The van der Waals surface area contributed by atoms with Gasteiger partial charge in [0.05, 0.1) is 17.9 Å². The van der Waals surface area contributed by atoms with E-state index in [0.717, 1.165) is 31.2 Å². The Labute approximate surface area is 148 Å². The van der Waals surface area contributed by atoms with Crippen LogP contribution in [0.2, 0.25) is 0 Å². The number of carbonyl (C=O) groups excluding carboxylic acids is 2. The Hall–Kier alpha value is -1.91. The molecule has 0 aromatic heterocycles. The van der Waals surface area contributed by atoms with Crippen LogP contribution < -0.4 is 0 Å². The maximum Gasteiger partial charge on any atom is 0.309 e. The first kappa shape index (κ1) is 17.9. The van der Waals surface area contributed by atoms with Crippen LogP contribution in [0.15, 0.2) is 24.3 Å². The predicted molar refractivity (Wildman–Crippen MR) is 92.5 cm³/mol. The highest BCUT2D eigenvalue weighted by Gasteiger charge is 2.45. The molecule has 1 aromatic carbocycles. The number of ether oxygens (including phenoxy) is 1. The zero-order valence-electron chi connectivity index (χ0n) is 14.8. The quantitative estimate of drug-likeness (QED) is 0.784. The van der Waals surface area contributed by atoms with E-state index in [1.54, 1.807) is 12.1 Å². The summed E-state index contributed by atoms with van der Waals surface area (Å²) in [5, 5.41) is 0. The second-order valence-electron chi connectivity index (χ2n) is 7.11. The Kier molecular flexibility index (Phi) is 5.40. The zero-order valence-corrected chi connectivity index (χ0v) is 14.8. The number of carbonyl (C=O) groups is 2. The van der Waals surface area contributed by atoms with Crippen LogP contribution in [0.25, 0.3) is 0 Å². The lowest BCUT2D eigenvalue weighted by molar-refractivity contribution is -0.152. The number of rotatable bonds is 4. The minimum atomic E-state index is -0.523. The molecule has 1 saturated heterocycles. The molecule has 2 aliphatic rings. The average molecular weight is 347 g/mol. The predicted octanol–water partition coefficient (Wildman–Crippen LogP) is 3.44. The van der Waals surface area contributed by atoms with E-state index < -0.39 is 5.41 Å². The summed E-state index contributed by atoms with van der Waals surface area (Å²) in [6.07, 6.45) is 4.98. The van der Waals surface area contributed by atoms with E-state index in [1.807, 2.05) is 11.8 Å². The molecule has 5 heteroatoms. The van der Waals surface area contributed by atoms with Crippen molar-refractivity contribution in [2.24, 2.45) is 5.92 Å². The second kappa shape index (κ2) is 7.54. The van der Waals surface area contributed by atoms with Crippen molar-refractivity contribution in [3.05, 3.63) is 35.6 Å². The van der Waals surface area contributed by atoms with E-state index in [2.05, 4.69) is 0 Å². The molecule has 0 N–H and O–H groups in total. The summed E-state index contributed by atoms with van der Waals surface area (Å²) >= 11 is 0. The van der Waals surface area contributed by atoms with E-state index in [4.69, 9.17) is 4.74 Å². The van der Waals surface area contributed by atoms with Crippen molar-refractivity contribution in [2.75, 3.05) is 19.7 Å². The Balaban J connectivity index is 1.72. The third-order valence-corrected chi connectivity index (χ3v) is 5.67. The molecule has 3 rings (SSSR count). The Morgan fingerprint density at radius 1 is 1.16 bits per heavy atom. The van der Waals surface area contributed by atoms with E-state index in [1.165, 1.54) is 12.1 Å². The van der Waals surface area contributed by atoms with Crippen LogP contribution in [0.4, 0.5) is 4.39 Å². The first-order chi connectivity index (χ1) is 12.1. The summed E-state index contributed by atoms with van der Waals surface area (Å²) in [6, 6.07) is 6.39. The van der Waals surface area contributed by atoms with E-state index in [9.17, 15) is 14.0 Å². The molecule has 1 saturated carbocycles. The minimum Gasteiger partial charge on any atom is -0.466 e. The molecule has 1 aliphatic carbocycles. The van der Waals surface area contributed by atoms with Crippen LogP contribution in [0.1, 0.15) is 51.0 Å². The molecule has 0 spiro atoms. The normalized spacial score (nSPS) is 20.5. The summed E-state index contributed by atoms with van der Waals surface area (Å²) in [5.74, 6) is -0.392. The van der Waals surface area contributed by atoms with Crippen molar-refractivity contribution in [1.82, 2.24) is 4.90 Å². The Morgan fingerprint density at radius 2 is 1.76 bits per heavy atom. The van der Waals surface area contributed by atoms with Gasteiger partial charge in [0.25, 0.3) is 0 Å². The molecule has 0 atom stereocenters. The van der Waals surface area contributed by atoms with Crippen molar-refractivity contribution in [2.45, 2.75) is 50.9 Å². The number of nitrogens with zero attached hydrogens (tertiary/aromatic N) is 1. The van der Waals surface area contributed by atoms with Crippen molar-refractivity contribution in [3.8, 4) is 0 Å². The molecular formula is C20H26FNO3. The summed E-state index contributed by atoms with van der Waals surface area (Å²) in [7, 11) is 0. The fourth-order valence-corrected chi connectivity index (χ4v) is 4.25. The van der Waals surface area contributed by atoms with Gasteiger partial charge in [-0.15, -0.1) is 0 Å². The lowest BCUT2D eigenvalue weighted by atomic mass is 9.77. The fourth-order valence-electron chi connectivity index (χ4n) is 4.25. The maximum absolute atomic E-state index is 13.3. The number of amides is 1. The summed E-state index contributed by atoms with van der Waals surface area (Å²) in [5.41, 5.74) is 0.397. The number of hydrogen-bond donors (Lipinski definition) is 0. The van der Waals surface area contributed by atoms with Crippen molar-refractivity contribution < 1.29 is 18.7 Å². The van der Waals surface area contributed by atoms with Gasteiger partial charge in [-0.25, -0.2) is 4.39 Å². The number of hydrogen-bond acceptors (Lipinski definition) is 3. The van der Waals surface area contributed by atoms with E-state index in [-0.39, 0.29) is 23.6 Å². The van der Waals surface area contributed by atoms with Crippen LogP contribution in [0.5, 0.6) is 0 Å². The largest absolute Gasteiger partial charge is 0.466 e. The highest BCUT2D eigenvalue weighted by atomic mass is 19.1. The van der Waals surface area contributed by atoms with Crippen molar-refractivity contribution in [1.29, 1.82) is 0 Å². The van der Waals surface area contributed by atoms with Gasteiger partial charge in [-0.3, -0.25) is 9.59 Å². The molecule has 0 bridgehead atoms. The van der Waals surface area contributed by atoms with Gasteiger partial charge < -0.3 is 9.64 Å². The standard InChI is InChI=1S/C20H26FNO3/c1-2-25-18(23)15-9-13-22(14-10-15)19(24)20(11-3-4-12-20)16-5-7-17(21)8-6-16/h5-8,15H,2-4,9-14H2,1H3. The molecule has 1 aromatic rings. The molecule has 1 amide bonds. The van der Waals surface area contributed by atoms with Gasteiger partial charge in [0.2, 0.25) is 5.91 Å². The van der Waals surface area contributed by atoms with Crippen molar-refractivity contribution >= 4 is 11.9 Å². The fraction of sp³-hybridized carbons (Fsp3) is 0.600. The van der Waals surface area contributed by atoms with Crippen LogP contribution in [0.3, 0.4) is 0 Å². The van der Waals surface area contributed by atoms with E-state index >= 15 is 0 Å². The number of piperidine rings is 1. The minimum absolute atomic E-state index is 0.102. The average Bonchev–Trinajstić information content (AvgIpc) is 3.13. The molecule has 25 heavy (non-hydrogen) atoms. The van der Waals surface area contributed by atoms with Gasteiger partial charge >= 0.3 is 5.97 Å². The molecule has 0 radical (unpaired) electrons. The first-order valence-electron chi connectivity index (χ1n) is 9.29. The smallest absolute Gasteiger partial charge is 0.309 e. The first-order valence-corrected chi connectivity index (χ1v) is 9.29. The molecule has 4 nitrogen and oxygen atoms in total. The third kappa shape index (κ3) is 3.55. The number of esters is 1. The van der Waals surface area contributed by atoms with Gasteiger partial charge in [0.15, 0.2) is 0 Å². The summed E-state index contributed by atoms with van der Waals surface area (Å²) in [4.78, 5) is 27.1. The van der Waals surface area contributed by atoms with Crippen LogP contribution in [0, 0.1) is 11.7 Å². The highest BCUT2D eigenvalue weighted by molar-refractivity contribution is 5.89. The van der Waals surface area contributed by atoms with Crippen molar-refractivity contribution in [3.63, 3.8) is 0 Å². The van der Waals surface area contributed by atoms with E-state index in [0.29, 0.717) is 32.5 Å². The number of benzene rings is 1. The number of likely N-dealkylation sites (tertiary alicyclic amines) is 1. The number of halogens is 1. The van der Waals surface area contributed by atoms with Gasteiger partial charge in [-0.05, 0) is 50.3 Å². The van der Waals surface area contributed by atoms with Gasteiger partial charge in [0, 0.05) is 13.1 Å². The zero-order chi connectivity index (χ0) is 17.9. The summed E-state index contributed by atoms with van der Waals surface area (Å²) in [6.45, 7) is 3.38. The molecule has 0 unspecified atom stereocenters. The Bertz CT molecular complexity index is 614. The topological polar surface area (TPSA) is 46.6 Å².